The van der Waals surface area contributed by atoms with Gasteiger partial charge in [0, 0.05) is 13.2 Å². The van der Waals surface area contributed by atoms with Crippen LogP contribution in [0.25, 0.3) is 0 Å². The monoisotopic (exact) mass is 329 g/mol. The van der Waals surface area contributed by atoms with Gasteiger partial charge in [-0.15, -0.1) is 0 Å². The molecule has 4 nitrogen and oxygen atoms in total. The number of nitrogens with one attached hydrogen (secondary N) is 2. The molecule has 0 saturated heterocycles. The highest BCUT2D eigenvalue weighted by Gasteiger charge is 2.15. The van der Waals surface area contributed by atoms with Gasteiger partial charge in [0.25, 0.3) is 5.91 Å². The second-order valence-corrected chi connectivity index (χ2v) is 5.07. The average molecular weight is 331 g/mol. The molecule has 2 rings (SSSR count). The molecule has 0 radical (unpaired) electrons. The van der Waals surface area contributed by atoms with Crippen molar-refractivity contribution in [3.05, 3.63) is 51.1 Å². The van der Waals surface area contributed by atoms with Gasteiger partial charge in [0.1, 0.15) is 5.82 Å². The van der Waals surface area contributed by atoms with Crippen molar-refractivity contribution in [3.8, 4) is 0 Å². The van der Waals surface area contributed by atoms with Crippen molar-refractivity contribution < 1.29 is 4.79 Å². The molecule has 1 heterocycles. The van der Waals surface area contributed by atoms with Crippen LogP contribution in [0.4, 0.5) is 11.5 Å². The Morgan fingerprint density at radius 2 is 1.80 bits per heavy atom. The van der Waals surface area contributed by atoms with E-state index in [-0.39, 0.29) is 10.6 Å². The third kappa shape index (κ3) is 3.15. The molecule has 1 amide bonds. The first-order chi connectivity index (χ1) is 9.52. The van der Waals surface area contributed by atoms with Crippen LogP contribution in [0.1, 0.15) is 10.4 Å². The SMILES string of the molecule is CNc1cc(C(=O)Nc2c(Cl)cccc2Cl)c(Cl)cn1. The van der Waals surface area contributed by atoms with E-state index >= 15 is 0 Å². The van der Waals surface area contributed by atoms with E-state index in [0.29, 0.717) is 21.6 Å². The van der Waals surface area contributed by atoms with Crippen molar-refractivity contribution in [1.82, 2.24) is 4.98 Å². The predicted molar refractivity (Wildman–Crippen MR) is 83.2 cm³/mol. The number of anilines is 2. The number of carbonyl (C=O) groups excluding carboxylic acids is 1. The van der Waals surface area contributed by atoms with E-state index in [4.69, 9.17) is 34.8 Å². The zero-order chi connectivity index (χ0) is 14.7. The Morgan fingerprint density at radius 3 is 2.40 bits per heavy atom. The molecule has 20 heavy (non-hydrogen) atoms. The molecule has 0 fully saturated rings. The summed E-state index contributed by atoms with van der Waals surface area (Å²) in [6, 6.07) is 6.51. The number of amides is 1. The Labute approximate surface area is 131 Å². The summed E-state index contributed by atoms with van der Waals surface area (Å²) < 4.78 is 0. The van der Waals surface area contributed by atoms with E-state index in [0.717, 1.165) is 0 Å². The molecule has 0 unspecified atom stereocenters. The van der Waals surface area contributed by atoms with Gasteiger partial charge in [-0.3, -0.25) is 4.79 Å². The maximum Gasteiger partial charge on any atom is 0.257 e. The highest BCUT2D eigenvalue weighted by Crippen LogP contribution is 2.30. The second-order valence-electron chi connectivity index (χ2n) is 3.85. The number of rotatable bonds is 3. The van der Waals surface area contributed by atoms with Crippen LogP contribution in [-0.4, -0.2) is 17.9 Å². The fourth-order valence-electron chi connectivity index (χ4n) is 1.55. The zero-order valence-corrected chi connectivity index (χ0v) is 12.6. The average Bonchev–Trinajstić information content (AvgIpc) is 2.43. The fourth-order valence-corrected chi connectivity index (χ4v) is 2.23. The molecule has 2 N–H and O–H groups in total. The number of hydrogen-bond donors (Lipinski definition) is 2. The summed E-state index contributed by atoms with van der Waals surface area (Å²) in [7, 11) is 1.70. The molecule has 0 bridgehead atoms. The van der Waals surface area contributed by atoms with E-state index in [2.05, 4.69) is 15.6 Å². The highest BCUT2D eigenvalue weighted by molar-refractivity contribution is 6.40. The van der Waals surface area contributed by atoms with Gasteiger partial charge >= 0.3 is 0 Å². The molecule has 104 valence electrons. The smallest absolute Gasteiger partial charge is 0.257 e. The topological polar surface area (TPSA) is 54.0 Å². The normalized spacial score (nSPS) is 10.2. The Balaban J connectivity index is 2.33. The summed E-state index contributed by atoms with van der Waals surface area (Å²) in [5.41, 5.74) is 0.627. The minimum atomic E-state index is -0.413. The number of carbonyl (C=O) groups is 1. The van der Waals surface area contributed by atoms with Gasteiger partial charge < -0.3 is 10.6 Å². The first-order valence-electron chi connectivity index (χ1n) is 5.61. The summed E-state index contributed by atoms with van der Waals surface area (Å²) in [5, 5.41) is 6.42. The molecule has 0 aliphatic heterocycles. The van der Waals surface area contributed by atoms with Crippen LogP contribution in [0.5, 0.6) is 0 Å². The first-order valence-corrected chi connectivity index (χ1v) is 6.75. The number of aromatic nitrogens is 1. The maximum absolute atomic E-state index is 12.2. The van der Waals surface area contributed by atoms with Gasteiger partial charge in [-0.25, -0.2) is 4.98 Å². The summed E-state index contributed by atoms with van der Waals surface area (Å²) in [4.78, 5) is 16.2. The quantitative estimate of drug-likeness (QED) is 0.880. The number of para-hydroxylation sites is 1. The van der Waals surface area contributed by atoms with E-state index < -0.39 is 5.91 Å². The third-order valence-corrected chi connectivity index (χ3v) is 3.49. The third-order valence-electron chi connectivity index (χ3n) is 2.56. The number of nitrogens with zero attached hydrogens (tertiary/aromatic N) is 1. The predicted octanol–water partition coefficient (Wildman–Crippen LogP) is 4.34. The standard InChI is InChI=1S/C13H10Cl3N3O/c1-17-11-5-7(10(16)6-18-11)13(20)19-12-8(14)3-2-4-9(12)15/h2-6H,1H3,(H,17,18)(H,19,20). The van der Waals surface area contributed by atoms with E-state index in [9.17, 15) is 4.79 Å². The number of pyridine rings is 1. The lowest BCUT2D eigenvalue weighted by atomic mass is 10.2. The molecule has 2 aromatic rings. The molecule has 7 heteroatoms. The maximum atomic E-state index is 12.2. The van der Waals surface area contributed by atoms with Gasteiger partial charge in [0.05, 0.1) is 26.3 Å². The Bertz CT molecular complexity index is 641. The Kier molecular flexibility index (Phi) is 4.70. The van der Waals surface area contributed by atoms with E-state index in [1.807, 2.05) is 0 Å². The van der Waals surface area contributed by atoms with Gasteiger partial charge in [-0.1, -0.05) is 40.9 Å². The van der Waals surface area contributed by atoms with E-state index in [1.165, 1.54) is 6.20 Å². The van der Waals surface area contributed by atoms with Crippen LogP contribution in [0.2, 0.25) is 15.1 Å². The summed E-state index contributed by atoms with van der Waals surface area (Å²) in [6.07, 6.45) is 1.40. The van der Waals surface area contributed by atoms with Crippen LogP contribution >= 0.6 is 34.8 Å². The minimum absolute atomic E-state index is 0.240. The molecule has 0 aliphatic carbocycles. The summed E-state index contributed by atoms with van der Waals surface area (Å²) in [5.74, 6) is 0.119. The molecule has 1 aromatic heterocycles. The van der Waals surface area contributed by atoms with Gasteiger partial charge in [0.15, 0.2) is 0 Å². The van der Waals surface area contributed by atoms with Gasteiger partial charge in [0.2, 0.25) is 0 Å². The highest BCUT2D eigenvalue weighted by atomic mass is 35.5. The summed E-state index contributed by atoms with van der Waals surface area (Å²) in [6.45, 7) is 0. The second kappa shape index (κ2) is 6.31. The summed E-state index contributed by atoms with van der Waals surface area (Å²) >= 11 is 18.0. The molecule has 0 spiro atoms. The Morgan fingerprint density at radius 1 is 1.15 bits per heavy atom. The van der Waals surface area contributed by atoms with Crippen molar-refractivity contribution in [2.45, 2.75) is 0 Å². The first kappa shape index (κ1) is 14.9. The van der Waals surface area contributed by atoms with Gasteiger partial charge in [-0.05, 0) is 18.2 Å². The molecule has 0 atom stereocenters. The van der Waals surface area contributed by atoms with Crippen molar-refractivity contribution in [2.24, 2.45) is 0 Å². The van der Waals surface area contributed by atoms with Gasteiger partial charge in [-0.2, -0.15) is 0 Å². The lowest BCUT2D eigenvalue weighted by Crippen LogP contribution is -2.14. The van der Waals surface area contributed by atoms with Crippen molar-refractivity contribution in [2.75, 3.05) is 17.7 Å². The van der Waals surface area contributed by atoms with Crippen LogP contribution in [0, 0.1) is 0 Å². The van der Waals surface area contributed by atoms with Crippen molar-refractivity contribution >= 4 is 52.2 Å². The van der Waals surface area contributed by atoms with Crippen LogP contribution in [0.3, 0.4) is 0 Å². The van der Waals surface area contributed by atoms with Crippen molar-refractivity contribution in [1.29, 1.82) is 0 Å². The molecule has 0 saturated carbocycles. The molecular weight excluding hydrogens is 321 g/mol. The van der Waals surface area contributed by atoms with Crippen molar-refractivity contribution in [3.63, 3.8) is 0 Å². The number of halogens is 3. The largest absolute Gasteiger partial charge is 0.373 e. The molecule has 1 aromatic carbocycles. The van der Waals surface area contributed by atoms with Crippen LogP contribution in [0.15, 0.2) is 30.5 Å². The number of benzene rings is 1. The number of hydrogen-bond acceptors (Lipinski definition) is 3. The molecule has 0 aliphatic rings. The lowest BCUT2D eigenvalue weighted by Gasteiger charge is -2.10. The lowest BCUT2D eigenvalue weighted by molar-refractivity contribution is 0.102. The Hall–Kier alpha value is -1.49. The fraction of sp³-hybridized carbons (Fsp3) is 0.0769. The van der Waals surface area contributed by atoms with Crippen LogP contribution < -0.4 is 10.6 Å². The zero-order valence-electron chi connectivity index (χ0n) is 10.4. The molecular formula is C13H10Cl3N3O. The van der Waals surface area contributed by atoms with E-state index in [1.54, 1.807) is 31.3 Å². The minimum Gasteiger partial charge on any atom is -0.373 e. The van der Waals surface area contributed by atoms with Crippen LogP contribution in [-0.2, 0) is 0 Å².